The van der Waals surface area contributed by atoms with Gasteiger partial charge in [0.25, 0.3) is 0 Å². The van der Waals surface area contributed by atoms with E-state index in [0.29, 0.717) is 0 Å². The van der Waals surface area contributed by atoms with E-state index < -0.39 is 0 Å². The van der Waals surface area contributed by atoms with Gasteiger partial charge in [0.15, 0.2) is 0 Å². The van der Waals surface area contributed by atoms with Crippen molar-refractivity contribution in [2.75, 3.05) is 12.3 Å². The Labute approximate surface area is 91.7 Å². The standard InChI is InChI=1S/C11H21NOS/c1-2-3-4-5-6-7-9-12(13)10-8-11-14-12/h8,10H,2-7,9,11H2,1H3. The first kappa shape index (κ1) is 12.1. The van der Waals surface area contributed by atoms with Crippen LogP contribution in [0.25, 0.3) is 0 Å². The first-order valence-electron chi connectivity index (χ1n) is 5.68. The van der Waals surface area contributed by atoms with Crippen molar-refractivity contribution in [3.63, 3.8) is 0 Å². The number of hydrogen-bond acceptors (Lipinski definition) is 2. The topological polar surface area (TPSA) is 23.1 Å². The van der Waals surface area contributed by atoms with Crippen molar-refractivity contribution in [1.29, 1.82) is 0 Å². The van der Waals surface area contributed by atoms with Crippen molar-refractivity contribution in [3.05, 3.63) is 17.5 Å². The number of quaternary nitrogens is 1. The van der Waals surface area contributed by atoms with Gasteiger partial charge in [0.05, 0.1) is 24.2 Å². The molecule has 1 rings (SSSR count). The zero-order valence-corrected chi connectivity index (χ0v) is 9.89. The summed E-state index contributed by atoms with van der Waals surface area (Å²) in [4.78, 5) is 0. The van der Waals surface area contributed by atoms with E-state index in [2.05, 4.69) is 6.92 Å². The molecule has 0 spiro atoms. The molecule has 3 heteroatoms. The van der Waals surface area contributed by atoms with Crippen LogP contribution in [0, 0.1) is 5.21 Å². The number of unbranched alkanes of at least 4 members (excludes halogenated alkanes) is 5. The molecular weight excluding hydrogens is 194 g/mol. The van der Waals surface area contributed by atoms with Crippen molar-refractivity contribution in [3.8, 4) is 0 Å². The lowest BCUT2D eigenvalue weighted by molar-refractivity contribution is -0.679. The summed E-state index contributed by atoms with van der Waals surface area (Å²) in [6.07, 6.45) is 11.3. The second-order valence-corrected chi connectivity index (χ2v) is 5.11. The molecule has 0 bridgehead atoms. The third-order valence-corrected chi connectivity index (χ3v) is 3.63. The number of hydroxylamine groups is 2. The Balaban J connectivity index is 1.95. The van der Waals surface area contributed by atoms with Gasteiger partial charge in [-0.15, -0.1) is 0 Å². The van der Waals surface area contributed by atoms with Gasteiger partial charge in [-0.3, -0.25) is 4.05 Å². The van der Waals surface area contributed by atoms with Gasteiger partial charge >= 0.3 is 0 Å². The van der Waals surface area contributed by atoms with E-state index in [1.807, 2.05) is 6.08 Å². The second-order valence-electron chi connectivity index (χ2n) is 3.90. The molecule has 0 aromatic heterocycles. The van der Waals surface area contributed by atoms with Crippen molar-refractivity contribution in [2.24, 2.45) is 0 Å². The summed E-state index contributed by atoms with van der Waals surface area (Å²) in [6, 6.07) is 0. The van der Waals surface area contributed by atoms with Crippen LogP contribution in [-0.4, -0.2) is 16.3 Å². The maximum Gasteiger partial charge on any atom is 0.104 e. The molecule has 0 saturated carbocycles. The lowest BCUT2D eigenvalue weighted by Gasteiger charge is -2.32. The number of hydrogen-bond donors (Lipinski definition) is 0. The van der Waals surface area contributed by atoms with E-state index >= 15 is 0 Å². The molecule has 82 valence electrons. The Bertz CT molecular complexity index is 184. The summed E-state index contributed by atoms with van der Waals surface area (Å²) in [7, 11) is 0. The lowest BCUT2D eigenvalue weighted by Crippen LogP contribution is -2.26. The van der Waals surface area contributed by atoms with Crippen molar-refractivity contribution < 1.29 is 4.05 Å². The smallest absolute Gasteiger partial charge is 0.104 e. The summed E-state index contributed by atoms with van der Waals surface area (Å²) < 4.78 is -0.145. The summed E-state index contributed by atoms with van der Waals surface area (Å²) in [5.74, 6) is 0.888. The van der Waals surface area contributed by atoms with Gasteiger partial charge in [-0.05, 0) is 18.9 Å². The Morgan fingerprint density at radius 2 is 1.93 bits per heavy atom. The summed E-state index contributed by atoms with van der Waals surface area (Å²) >= 11 is 1.48. The first-order chi connectivity index (χ1) is 6.77. The van der Waals surface area contributed by atoms with Crippen molar-refractivity contribution in [2.45, 2.75) is 45.4 Å². The minimum absolute atomic E-state index is 0.145. The van der Waals surface area contributed by atoms with Gasteiger partial charge in [-0.25, -0.2) is 0 Å². The number of nitrogens with zero attached hydrogens (tertiary/aromatic N) is 1. The van der Waals surface area contributed by atoms with Crippen LogP contribution in [0.2, 0.25) is 0 Å². The molecule has 0 radical (unpaired) electrons. The van der Waals surface area contributed by atoms with E-state index in [4.69, 9.17) is 0 Å². The molecule has 1 heterocycles. The Morgan fingerprint density at radius 1 is 1.21 bits per heavy atom. The molecule has 0 fully saturated rings. The Kier molecular flexibility index (Phi) is 5.60. The fourth-order valence-corrected chi connectivity index (χ4v) is 2.52. The summed E-state index contributed by atoms with van der Waals surface area (Å²) in [5, 5.41) is 11.8. The maximum atomic E-state index is 11.8. The molecule has 0 aliphatic carbocycles. The molecule has 0 N–H and O–H groups in total. The molecule has 2 nitrogen and oxygen atoms in total. The van der Waals surface area contributed by atoms with E-state index in [1.54, 1.807) is 6.20 Å². The predicted molar refractivity (Wildman–Crippen MR) is 63.5 cm³/mol. The van der Waals surface area contributed by atoms with Crippen LogP contribution in [0.3, 0.4) is 0 Å². The largest absolute Gasteiger partial charge is 0.615 e. The SMILES string of the molecule is CCCCCCCC[N+]1([O-])C=CCS1. The van der Waals surface area contributed by atoms with Gasteiger partial charge in [-0.1, -0.05) is 32.6 Å². The van der Waals surface area contributed by atoms with E-state index in [0.717, 1.165) is 18.7 Å². The highest BCUT2D eigenvalue weighted by atomic mass is 32.2. The molecule has 0 aromatic carbocycles. The second kappa shape index (κ2) is 6.49. The molecule has 0 aromatic rings. The molecular formula is C11H21NOS. The van der Waals surface area contributed by atoms with Gasteiger partial charge in [-0.2, -0.15) is 0 Å². The molecule has 14 heavy (non-hydrogen) atoms. The Hall–Kier alpha value is 0.01000. The Morgan fingerprint density at radius 3 is 2.57 bits per heavy atom. The average Bonchev–Trinajstić information content (AvgIpc) is 2.59. The summed E-state index contributed by atoms with van der Waals surface area (Å²) in [6.45, 7) is 2.98. The van der Waals surface area contributed by atoms with Gasteiger partial charge < -0.3 is 5.21 Å². The summed E-state index contributed by atoms with van der Waals surface area (Å²) in [5.41, 5.74) is 0. The lowest BCUT2D eigenvalue weighted by atomic mass is 10.1. The third-order valence-electron chi connectivity index (χ3n) is 2.55. The third kappa shape index (κ3) is 4.49. The van der Waals surface area contributed by atoms with Crippen LogP contribution < -0.4 is 0 Å². The van der Waals surface area contributed by atoms with E-state index in [9.17, 15) is 5.21 Å². The maximum absolute atomic E-state index is 11.8. The monoisotopic (exact) mass is 215 g/mol. The highest BCUT2D eigenvalue weighted by Crippen LogP contribution is 2.28. The van der Waals surface area contributed by atoms with Crippen LogP contribution in [0.1, 0.15) is 45.4 Å². The quantitative estimate of drug-likeness (QED) is 0.279. The molecule has 1 unspecified atom stereocenters. The molecule has 0 amide bonds. The zero-order chi connectivity index (χ0) is 10.3. The van der Waals surface area contributed by atoms with Crippen LogP contribution in [0.4, 0.5) is 0 Å². The number of rotatable bonds is 7. The fourth-order valence-electron chi connectivity index (χ4n) is 1.67. The first-order valence-corrected chi connectivity index (χ1v) is 6.62. The van der Waals surface area contributed by atoms with Gasteiger partial charge in [0.1, 0.15) is 6.20 Å². The van der Waals surface area contributed by atoms with Crippen LogP contribution in [0.15, 0.2) is 12.3 Å². The predicted octanol–water partition coefficient (Wildman–Crippen LogP) is 3.84. The zero-order valence-electron chi connectivity index (χ0n) is 9.08. The van der Waals surface area contributed by atoms with Gasteiger partial charge in [0, 0.05) is 0 Å². The van der Waals surface area contributed by atoms with Crippen molar-refractivity contribution >= 4 is 11.9 Å². The van der Waals surface area contributed by atoms with Gasteiger partial charge in [0.2, 0.25) is 0 Å². The van der Waals surface area contributed by atoms with Crippen LogP contribution in [0.5, 0.6) is 0 Å². The normalized spacial score (nSPS) is 25.9. The highest BCUT2D eigenvalue weighted by Gasteiger charge is 2.18. The molecule has 1 aliphatic heterocycles. The molecule has 1 aliphatic rings. The minimum Gasteiger partial charge on any atom is -0.615 e. The molecule has 1 atom stereocenters. The fraction of sp³-hybridized carbons (Fsp3) is 0.818. The average molecular weight is 215 g/mol. The van der Waals surface area contributed by atoms with Crippen LogP contribution in [-0.2, 0) is 0 Å². The van der Waals surface area contributed by atoms with E-state index in [-0.39, 0.29) is 4.05 Å². The van der Waals surface area contributed by atoms with Crippen LogP contribution >= 0.6 is 11.9 Å². The highest BCUT2D eigenvalue weighted by molar-refractivity contribution is 7.94. The molecule has 0 saturated heterocycles. The minimum atomic E-state index is -0.145. The van der Waals surface area contributed by atoms with E-state index in [1.165, 1.54) is 44.1 Å². The van der Waals surface area contributed by atoms with Crippen molar-refractivity contribution in [1.82, 2.24) is 0 Å².